The molecule has 0 unspecified atom stereocenters. The normalized spacial score (nSPS) is 12.6. The molecular formula is C22H30N6O6S. The number of carboxylic acids is 1. The van der Waals surface area contributed by atoms with Crippen molar-refractivity contribution in [3.8, 4) is 6.01 Å². The van der Waals surface area contributed by atoms with Gasteiger partial charge in [-0.3, -0.25) is 9.36 Å². The first-order valence-electron chi connectivity index (χ1n) is 11.3. The second-order valence-electron chi connectivity index (χ2n) is 8.34. The standard InChI is InChI=1S/C22H30N6O6S/c1-3-4-10-34-21-26-19(23)18-20(27-21)28(22(31)25-18)9-8-14(2)13-24-35(32,33)16-7-5-6-15(11-16)12-17(29)30/h5-7,11,14,24H,3-4,8-10,12-13H2,1-2H3,(H,25,31)(H,29,30)(H2,23,26,27)/t14-/m1/s1. The zero-order chi connectivity index (χ0) is 25.6. The van der Waals surface area contributed by atoms with Gasteiger partial charge in [0.15, 0.2) is 11.5 Å². The number of sulfonamides is 1. The predicted molar refractivity (Wildman–Crippen MR) is 130 cm³/mol. The van der Waals surface area contributed by atoms with E-state index in [4.69, 9.17) is 15.6 Å². The lowest BCUT2D eigenvalue weighted by atomic mass is 10.1. The van der Waals surface area contributed by atoms with Crippen molar-refractivity contribution in [3.63, 3.8) is 0 Å². The second kappa shape index (κ2) is 11.3. The van der Waals surface area contributed by atoms with Crippen molar-refractivity contribution >= 4 is 33.0 Å². The number of hydrogen-bond donors (Lipinski definition) is 4. The number of nitrogen functional groups attached to an aromatic ring is 1. The topological polar surface area (TPSA) is 182 Å². The summed E-state index contributed by atoms with van der Waals surface area (Å²) in [6, 6.07) is 5.92. The summed E-state index contributed by atoms with van der Waals surface area (Å²) in [6.45, 7) is 4.73. The maximum absolute atomic E-state index is 12.7. The number of unbranched alkanes of at least 4 members (excludes halogenated alkanes) is 1. The number of nitrogens with two attached hydrogens (primary N) is 1. The highest BCUT2D eigenvalue weighted by Gasteiger charge is 2.18. The molecule has 0 fully saturated rings. The summed E-state index contributed by atoms with van der Waals surface area (Å²) in [5.74, 6) is -1.05. The third-order valence-electron chi connectivity index (χ3n) is 5.39. The molecule has 2 aromatic heterocycles. The van der Waals surface area contributed by atoms with Crippen LogP contribution in [0.1, 0.15) is 38.7 Å². The number of aliphatic carboxylic acids is 1. The molecule has 3 rings (SSSR count). The number of nitrogens with zero attached hydrogens (tertiary/aromatic N) is 3. The van der Waals surface area contributed by atoms with Crippen molar-refractivity contribution in [2.45, 2.75) is 51.0 Å². The van der Waals surface area contributed by atoms with E-state index in [0.29, 0.717) is 29.8 Å². The van der Waals surface area contributed by atoms with Crippen LogP contribution in [-0.4, -0.2) is 52.2 Å². The van der Waals surface area contributed by atoms with Gasteiger partial charge < -0.3 is 20.6 Å². The van der Waals surface area contributed by atoms with Crippen molar-refractivity contribution in [3.05, 3.63) is 40.3 Å². The summed E-state index contributed by atoms with van der Waals surface area (Å²) >= 11 is 0. The molecule has 0 radical (unpaired) electrons. The Labute approximate surface area is 202 Å². The first-order valence-corrected chi connectivity index (χ1v) is 12.8. The van der Waals surface area contributed by atoms with Crippen molar-refractivity contribution in [2.24, 2.45) is 5.92 Å². The molecule has 1 atom stereocenters. The van der Waals surface area contributed by atoms with E-state index in [0.717, 1.165) is 12.8 Å². The third-order valence-corrected chi connectivity index (χ3v) is 6.81. The molecule has 0 saturated heterocycles. The zero-order valence-corrected chi connectivity index (χ0v) is 20.5. The summed E-state index contributed by atoms with van der Waals surface area (Å²) < 4.78 is 34.8. The van der Waals surface area contributed by atoms with Crippen molar-refractivity contribution < 1.29 is 23.1 Å². The van der Waals surface area contributed by atoms with Gasteiger partial charge in [0.2, 0.25) is 10.0 Å². The largest absolute Gasteiger partial charge is 0.481 e. The minimum absolute atomic E-state index is 0.000856. The minimum atomic E-state index is -3.82. The number of aromatic nitrogens is 4. The number of fused-ring (bicyclic) bond motifs is 1. The number of ether oxygens (including phenoxy) is 1. The summed E-state index contributed by atoms with van der Waals surface area (Å²) in [5.41, 5.74) is 6.62. The highest BCUT2D eigenvalue weighted by Crippen LogP contribution is 2.19. The van der Waals surface area contributed by atoms with Gasteiger partial charge in [-0.25, -0.2) is 17.9 Å². The monoisotopic (exact) mass is 506 g/mol. The maximum Gasteiger partial charge on any atom is 0.327 e. The molecule has 0 spiro atoms. The number of imidazole rings is 1. The number of aryl methyl sites for hydroxylation is 1. The van der Waals surface area contributed by atoms with Crippen LogP contribution in [0, 0.1) is 5.92 Å². The highest BCUT2D eigenvalue weighted by molar-refractivity contribution is 7.89. The number of hydrogen-bond acceptors (Lipinski definition) is 8. The lowest BCUT2D eigenvalue weighted by molar-refractivity contribution is -0.136. The molecule has 1 aromatic carbocycles. The Morgan fingerprint density at radius 1 is 1.34 bits per heavy atom. The first-order chi connectivity index (χ1) is 16.6. The molecule has 5 N–H and O–H groups in total. The van der Waals surface area contributed by atoms with E-state index < -0.39 is 21.7 Å². The molecule has 190 valence electrons. The minimum Gasteiger partial charge on any atom is -0.481 e. The van der Waals surface area contributed by atoms with E-state index in [-0.39, 0.29) is 42.2 Å². The van der Waals surface area contributed by atoms with Crippen LogP contribution < -0.4 is 20.9 Å². The summed E-state index contributed by atoms with van der Waals surface area (Å²) in [6.07, 6.45) is 1.99. The molecule has 0 saturated carbocycles. The molecule has 35 heavy (non-hydrogen) atoms. The number of carboxylic acid groups (broad SMARTS) is 1. The number of benzene rings is 1. The SMILES string of the molecule is CCCCOc1nc(N)c2[nH]c(=O)n(CC[C@@H](C)CNS(=O)(=O)c3cccc(CC(=O)O)c3)c2n1. The molecule has 0 aliphatic heterocycles. The van der Waals surface area contributed by atoms with E-state index in [1.165, 1.54) is 22.8 Å². The molecule has 3 aromatic rings. The molecule has 2 heterocycles. The zero-order valence-electron chi connectivity index (χ0n) is 19.7. The van der Waals surface area contributed by atoms with Crippen molar-refractivity contribution in [1.82, 2.24) is 24.2 Å². The van der Waals surface area contributed by atoms with E-state index in [9.17, 15) is 18.0 Å². The van der Waals surface area contributed by atoms with Crippen LogP contribution >= 0.6 is 0 Å². The van der Waals surface area contributed by atoms with Gasteiger partial charge in [-0.15, -0.1) is 0 Å². The van der Waals surface area contributed by atoms with Gasteiger partial charge >= 0.3 is 17.7 Å². The Balaban J connectivity index is 1.65. The molecular weight excluding hydrogens is 476 g/mol. The second-order valence-corrected chi connectivity index (χ2v) is 10.1. The smallest absolute Gasteiger partial charge is 0.327 e. The average molecular weight is 507 g/mol. The van der Waals surface area contributed by atoms with Gasteiger partial charge in [0.25, 0.3) is 0 Å². The molecule has 0 bridgehead atoms. The Morgan fingerprint density at radius 2 is 2.11 bits per heavy atom. The highest BCUT2D eigenvalue weighted by atomic mass is 32.2. The number of aromatic amines is 1. The maximum atomic E-state index is 12.7. The summed E-state index contributed by atoms with van der Waals surface area (Å²) in [5, 5.41) is 8.93. The number of nitrogens with one attached hydrogen (secondary N) is 2. The van der Waals surface area contributed by atoms with Crippen molar-refractivity contribution in [2.75, 3.05) is 18.9 Å². The van der Waals surface area contributed by atoms with Crippen LogP contribution in [0.2, 0.25) is 0 Å². The van der Waals surface area contributed by atoms with Crippen LogP contribution in [0.15, 0.2) is 34.0 Å². The quantitative estimate of drug-likeness (QED) is 0.250. The summed E-state index contributed by atoms with van der Waals surface area (Å²) in [7, 11) is -3.82. The van der Waals surface area contributed by atoms with E-state index in [2.05, 4.69) is 19.7 Å². The van der Waals surface area contributed by atoms with Gasteiger partial charge in [0.05, 0.1) is 17.9 Å². The van der Waals surface area contributed by atoms with Crippen molar-refractivity contribution in [1.29, 1.82) is 0 Å². The molecule has 12 nitrogen and oxygen atoms in total. The number of H-pyrrole nitrogens is 1. The van der Waals surface area contributed by atoms with Gasteiger partial charge in [-0.2, -0.15) is 9.97 Å². The fourth-order valence-corrected chi connectivity index (χ4v) is 4.63. The fourth-order valence-electron chi connectivity index (χ4n) is 3.39. The lowest BCUT2D eigenvalue weighted by Gasteiger charge is -2.14. The van der Waals surface area contributed by atoms with Gasteiger partial charge in [0, 0.05) is 13.1 Å². The average Bonchev–Trinajstić information content (AvgIpc) is 3.12. The Bertz CT molecular complexity index is 1350. The fraction of sp³-hybridized carbons (Fsp3) is 0.455. The predicted octanol–water partition coefficient (Wildman–Crippen LogP) is 1.51. The van der Waals surface area contributed by atoms with Crippen LogP contribution in [0.5, 0.6) is 6.01 Å². The van der Waals surface area contributed by atoms with Crippen LogP contribution in [0.4, 0.5) is 5.82 Å². The molecule has 0 aliphatic rings. The molecule has 0 amide bonds. The van der Waals surface area contributed by atoms with E-state index in [1.54, 1.807) is 6.07 Å². The number of rotatable bonds is 13. The van der Waals surface area contributed by atoms with Crippen LogP contribution in [-0.2, 0) is 27.8 Å². The number of anilines is 1. The third kappa shape index (κ3) is 6.79. The Morgan fingerprint density at radius 3 is 2.83 bits per heavy atom. The first kappa shape index (κ1) is 26.2. The van der Waals surface area contributed by atoms with Gasteiger partial charge in [-0.05, 0) is 36.5 Å². The van der Waals surface area contributed by atoms with Gasteiger partial charge in [-0.1, -0.05) is 32.4 Å². The van der Waals surface area contributed by atoms with Crippen LogP contribution in [0.3, 0.4) is 0 Å². The van der Waals surface area contributed by atoms with E-state index >= 15 is 0 Å². The van der Waals surface area contributed by atoms with Gasteiger partial charge in [0.1, 0.15) is 5.52 Å². The summed E-state index contributed by atoms with van der Waals surface area (Å²) in [4.78, 5) is 34.4. The van der Waals surface area contributed by atoms with Crippen LogP contribution in [0.25, 0.3) is 11.2 Å². The Kier molecular flexibility index (Phi) is 8.46. The van der Waals surface area contributed by atoms with E-state index in [1.807, 2.05) is 13.8 Å². The molecule has 13 heteroatoms. The lowest BCUT2D eigenvalue weighted by Crippen LogP contribution is -2.29. The molecule has 0 aliphatic carbocycles. The number of carbonyl (C=O) groups is 1. The Hall–Kier alpha value is -3.45.